The van der Waals surface area contributed by atoms with Crippen molar-refractivity contribution in [1.29, 1.82) is 0 Å². The number of pyridine rings is 1. The SMILES string of the molecule is CCN1CN=C(c2cccc(Cl)c2)c2ccc(C)nc21. The summed E-state index contributed by atoms with van der Waals surface area (Å²) in [5.41, 5.74) is 4.11. The van der Waals surface area contributed by atoms with Crippen LogP contribution in [0.4, 0.5) is 5.82 Å². The summed E-state index contributed by atoms with van der Waals surface area (Å²) in [6, 6.07) is 11.9. The molecule has 0 fully saturated rings. The van der Waals surface area contributed by atoms with E-state index in [-0.39, 0.29) is 0 Å². The molecule has 102 valence electrons. The van der Waals surface area contributed by atoms with Crippen LogP contribution < -0.4 is 4.90 Å². The van der Waals surface area contributed by atoms with Crippen LogP contribution in [0.15, 0.2) is 41.4 Å². The van der Waals surface area contributed by atoms with Crippen molar-refractivity contribution in [2.45, 2.75) is 13.8 Å². The lowest BCUT2D eigenvalue weighted by Gasteiger charge is -2.28. The Balaban J connectivity index is 2.13. The standard InChI is InChI=1S/C16H16ClN3/c1-3-20-10-18-15(12-5-4-6-13(17)9-12)14-8-7-11(2)19-16(14)20/h4-9H,3,10H2,1-2H3. The summed E-state index contributed by atoms with van der Waals surface area (Å²) in [6.45, 7) is 5.67. The Morgan fingerprint density at radius 2 is 2.10 bits per heavy atom. The molecule has 3 nitrogen and oxygen atoms in total. The smallest absolute Gasteiger partial charge is 0.139 e. The van der Waals surface area contributed by atoms with E-state index < -0.39 is 0 Å². The van der Waals surface area contributed by atoms with Gasteiger partial charge in [0.1, 0.15) is 12.5 Å². The Hall–Kier alpha value is -1.87. The van der Waals surface area contributed by atoms with Crippen molar-refractivity contribution < 1.29 is 0 Å². The third-order valence-corrected chi connectivity index (χ3v) is 3.68. The minimum absolute atomic E-state index is 0.641. The molecule has 2 heterocycles. The molecule has 0 bridgehead atoms. The quantitative estimate of drug-likeness (QED) is 0.842. The van der Waals surface area contributed by atoms with Gasteiger partial charge in [-0.15, -0.1) is 0 Å². The molecule has 1 aromatic carbocycles. The highest BCUT2D eigenvalue weighted by molar-refractivity contribution is 6.31. The summed E-state index contributed by atoms with van der Waals surface area (Å²) >= 11 is 6.09. The average molecular weight is 286 g/mol. The van der Waals surface area contributed by atoms with Crippen molar-refractivity contribution in [2.24, 2.45) is 4.99 Å². The van der Waals surface area contributed by atoms with Crippen LogP contribution in [0.3, 0.4) is 0 Å². The molecule has 0 N–H and O–H groups in total. The number of aryl methyl sites for hydroxylation is 1. The van der Waals surface area contributed by atoms with Gasteiger partial charge in [-0.3, -0.25) is 4.99 Å². The van der Waals surface area contributed by atoms with Crippen molar-refractivity contribution in [3.8, 4) is 0 Å². The monoisotopic (exact) mass is 285 g/mol. The Bertz CT molecular complexity index is 679. The predicted molar refractivity (Wildman–Crippen MR) is 84.0 cm³/mol. The zero-order valence-electron chi connectivity index (χ0n) is 11.6. The van der Waals surface area contributed by atoms with Crippen molar-refractivity contribution in [3.63, 3.8) is 0 Å². The predicted octanol–water partition coefficient (Wildman–Crippen LogP) is 3.68. The molecule has 4 heteroatoms. The molecule has 0 saturated carbocycles. The van der Waals surface area contributed by atoms with Gasteiger partial charge in [0.05, 0.1) is 5.71 Å². The zero-order chi connectivity index (χ0) is 14.1. The second-order valence-electron chi connectivity index (χ2n) is 4.84. The van der Waals surface area contributed by atoms with Gasteiger partial charge in [-0.2, -0.15) is 0 Å². The Kier molecular flexibility index (Phi) is 3.45. The largest absolute Gasteiger partial charge is 0.337 e. The molecule has 1 aliphatic rings. The lowest BCUT2D eigenvalue weighted by molar-refractivity contribution is 0.810. The first-order valence-corrected chi connectivity index (χ1v) is 7.10. The summed E-state index contributed by atoms with van der Waals surface area (Å²) in [4.78, 5) is 11.6. The summed E-state index contributed by atoms with van der Waals surface area (Å²) in [5, 5.41) is 0.727. The number of benzene rings is 1. The van der Waals surface area contributed by atoms with E-state index in [9.17, 15) is 0 Å². The lowest BCUT2D eigenvalue weighted by atomic mass is 10.0. The van der Waals surface area contributed by atoms with Crippen LogP contribution in [-0.2, 0) is 0 Å². The van der Waals surface area contributed by atoms with E-state index in [2.05, 4.69) is 22.9 Å². The Morgan fingerprint density at radius 1 is 1.25 bits per heavy atom. The molecule has 0 aliphatic carbocycles. The van der Waals surface area contributed by atoms with E-state index in [0.717, 1.165) is 39.9 Å². The third kappa shape index (κ3) is 2.29. The van der Waals surface area contributed by atoms with Crippen molar-refractivity contribution >= 4 is 23.1 Å². The minimum atomic E-state index is 0.641. The highest BCUT2D eigenvalue weighted by Crippen LogP contribution is 2.27. The van der Waals surface area contributed by atoms with Crippen LogP contribution in [0.2, 0.25) is 5.02 Å². The van der Waals surface area contributed by atoms with Crippen molar-refractivity contribution in [3.05, 3.63) is 58.2 Å². The maximum absolute atomic E-state index is 6.09. The van der Waals surface area contributed by atoms with E-state index in [4.69, 9.17) is 16.6 Å². The number of aliphatic imine (C=N–C) groups is 1. The van der Waals surface area contributed by atoms with Crippen LogP contribution in [-0.4, -0.2) is 23.9 Å². The number of fused-ring (bicyclic) bond motifs is 1. The van der Waals surface area contributed by atoms with Crippen LogP contribution in [0.1, 0.15) is 23.7 Å². The van der Waals surface area contributed by atoms with E-state index in [1.165, 1.54) is 0 Å². The lowest BCUT2D eigenvalue weighted by Crippen LogP contribution is -2.31. The summed E-state index contributed by atoms with van der Waals surface area (Å²) < 4.78 is 0. The van der Waals surface area contributed by atoms with Crippen molar-refractivity contribution in [2.75, 3.05) is 18.1 Å². The normalized spacial score (nSPS) is 13.9. The number of anilines is 1. The molecular formula is C16H16ClN3. The Labute approximate surface area is 123 Å². The summed E-state index contributed by atoms with van der Waals surface area (Å²) in [6.07, 6.45) is 0. The van der Waals surface area contributed by atoms with Gasteiger partial charge >= 0.3 is 0 Å². The molecule has 0 spiro atoms. The minimum Gasteiger partial charge on any atom is -0.337 e. The molecule has 2 aromatic rings. The maximum Gasteiger partial charge on any atom is 0.139 e. The molecule has 1 aliphatic heterocycles. The number of aromatic nitrogens is 1. The summed E-state index contributed by atoms with van der Waals surface area (Å²) in [5.74, 6) is 1.01. The second-order valence-corrected chi connectivity index (χ2v) is 5.27. The van der Waals surface area contributed by atoms with Gasteiger partial charge in [0, 0.05) is 28.4 Å². The molecule has 1 aromatic heterocycles. The van der Waals surface area contributed by atoms with Crippen molar-refractivity contribution in [1.82, 2.24) is 4.98 Å². The Morgan fingerprint density at radius 3 is 2.85 bits per heavy atom. The number of nitrogens with zero attached hydrogens (tertiary/aromatic N) is 3. The molecule has 0 saturated heterocycles. The third-order valence-electron chi connectivity index (χ3n) is 3.45. The number of hydrogen-bond acceptors (Lipinski definition) is 3. The first kappa shape index (κ1) is 13.1. The van der Waals surface area contributed by atoms with Crippen LogP contribution in [0, 0.1) is 6.92 Å². The highest BCUT2D eigenvalue weighted by atomic mass is 35.5. The topological polar surface area (TPSA) is 28.5 Å². The van der Waals surface area contributed by atoms with E-state index in [0.29, 0.717) is 6.67 Å². The molecular weight excluding hydrogens is 270 g/mol. The molecule has 0 amide bonds. The number of rotatable bonds is 2. The number of halogens is 1. The van der Waals surface area contributed by atoms with Gasteiger partial charge in [0.2, 0.25) is 0 Å². The first-order valence-electron chi connectivity index (χ1n) is 6.72. The molecule has 20 heavy (non-hydrogen) atoms. The van der Waals surface area contributed by atoms with Crippen LogP contribution in [0.25, 0.3) is 0 Å². The van der Waals surface area contributed by atoms with Crippen LogP contribution in [0.5, 0.6) is 0 Å². The number of hydrogen-bond donors (Lipinski definition) is 0. The fourth-order valence-corrected chi connectivity index (χ4v) is 2.60. The summed E-state index contributed by atoms with van der Waals surface area (Å²) in [7, 11) is 0. The van der Waals surface area contributed by atoms with Gasteiger partial charge in [-0.25, -0.2) is 4.98 Å². The average Bonchev–Trinajstić information content (AvgIpc) is 2.46. The van der Waals surface area contributed by atoms with Gasteiger partial charge in [-0.05, 0) is 38.1 Å². The molecule has 3 rings (SSSR count). The molecule has 0 radical (unpaired) electrons. The fraction of sp³-hybridized carbons (Fsp3) is 0.250. The second kappa shape index (κ2) is 5.25. The highest BCUT2D eigenvalue weighted by Gasteiger charge is 2.21. The van der Waals surface area contributed by atoms with Gasteiger partial charge < -0.3 is 4.90 Å². The van der Waals surface area contributed by atoms with E-state index in [1.54, 1.807) is 0 Å². The maximum atomic E-state index is 6.09. The first-order chi connectivity index (χ1) is 9.69. The molecule has 0 unspecified atom stereocenters. The zero-order valence-corrected chi connectivity index (χ0v) is 12.4. The van der Waals surface area contributed by atoms with Gasteiger partial charge in [-0.1, -0.05) is 23.7 Å². The fourth-order valence-electron chi connectivity index (χ4n) is 2.41. The van der Waals surface area contributed by atoms with Gasteiger partial charge in [0.15, 0.2) is 0 Å². The van der Waals surface area contributed by atoms with E-state index in [1.807, 2.05) is 37.3 Å². The van der Waals surface area contributed by atoms with Crippen LogP contribution >= 0.6 is 11.6 Å². The molecule has 0 atom stereocenters. The van der Waals surface area contributed by atoms with E-state index >= 15 is 0 Å². The van der Waals surface area contributed by atoms with Gasteiger partial charge in [0.25, 0.3) is 0 Å².